The molecule has 1 aliphatic carbocycles. The highest BCUT2D eigenvalue weighted by Gasteiger charge is 2.54. The average Bonchev–Trinajstić information content (AvgIpc) is 2.17. The summed E-state index contributed by atoms with van der Waals surface area (Å²) in [5.41, 5.74) is -2.39. The van der Waals surface area contributed by atoms with Gasteiger partial charge in [-0.05, 0) is 18.1 Å². The fourth-order valence-corrected chi connectivity index (χ4v) is 1.76. The van der Waals surface area contributed by atoms with E-state index < -0.39 is 11.8 Å². The highest BCUT2D eigenvalue weighted by molar-refractivity contribution is 5.41. The van der Waals surface area contributed by atoms with Crippen LogP contribution < -0.4 is 0 Å². The molecule has 0 amide bonds. The first-order valence-electron chi connectivity index (χ1n) is 4.50. The van der Waals surface area contributed by atoms with Crippen molar-refractivity contribution in [3.8, 4) is 0 Å². The van der Waals surface area contributed by atoms with E-state index in [0.717, 1.165) is 6.08 Å². The van der Waals surface area contributed by atoms with Crippen LogP contribution in [-0.2, 0) is 12.0 Å². The molecule has 2 rings (SSSR count). The zero-order chi connectivity index (χ0) is 11.1. The molecular weight excluding hydrogens is 205 g/mol. The molecule has 80 valence electrons. The Kier molecular flexibility index (Phi) is 2.12. The summed E-state index contributed by atoms with van der Waals surface area (Å²) in [7, 11) is 0. The minimum Gasteiger partial charge on any atom is -0.373 e. The summed E-state index contributed by atoms with van der Waals surface area (Å²) in [5, 5.41) is 9.65. The predicted octanol–water partition coefficient (Wildman–Crippen LogP) is 2.55. The zero-order valence-corrected chi connectivity index (χ0v) is 7.75. The minimum atomic E-state index is -4.68. The zero-order valence-electron chi connectivity index (χ0n) is 7.75. The molecule has 1 aliphatic rings. The molecule has 0 radical (unpaired) electrons. The third-order valence-electron chi connectivity index (χ3n) is 2.56. The van der Waals surface area contributed by atoms with E-state index in [1.165, 1.54) is 18.2 Å². The molecule has 1 N–H and O–H groups in total. The Morgan fingerprint density at radius 1 is 1.20 bits per heavy atom. The van der Waals surface area contributed by atoms with Gasteiger partial charge in [-0.2, -0.15) is 13.2 Å². The highest BCUT2D eigenvalue weighted by atomic mass is 19.4. The van der Waals surface area contributed by atoms with Crippen molar-refractivity contribution in [1.82, 2.24) is 0 Å². The van der Waals surface area contributed by atoms with E-state index in [1.807, 2.05) is 0 Å². The van der Waals surface area contributed by atoms with Gasteiger partial charge in [0.2, 0.25) is 5.60 Å². The van der Waals surface area contributed by atoms with Crippen LogP contribution in [0, 0.1) is 0 Å². The second kappa shape index (κ2) is 3.10. The van der Waals surface area contributed by atoms with Gasteiger partial charge in [0.05, 0.1) is 0 Å². The molecule has 1 nitrogen and oxygen atoms in total. The van der Waals surface area contributed by atoms with Crippen molar-refractivity contribution in [3.05, 3.63) is 47.5 Å². The maximum Gasteiger partial charge on any atom is 0.425 e. The fraction of sp³-hybridized carbons (Fsp3) is 0.273. The number of alkyl halides is 3. The first-order valence-corrected chi connectivity index (χ1v) is 4.50. The van der Waals surface area contributed by atoms with Gasteiger partial charge in [0.15, 0.2) is 0 Å². The van der Waals surface area contributed by atoms with Crippen molar-refractivity contribution in [2.75, 3.05) is 0 Å². The van der Waals surface area contributed by atoms with Crippen LogP contribution >= 0.6 is 0 Å². The first-order chi connectivity index (χ1) is 6.95. The number of halogens is 3. The van der Waals surface area contributed by atoms with Crippen LogP contribution in [0.1, 0.15) is 11.1 Å². The minimum absolute atomic E-state index is 0.0694. The monoisotopic (exact) mass is 214 g/mol. The first kappa shape index (κ1) is 10.2. The molecule has 1 aromatic rings. The number of hydrogen-bond acceptors (Lipinski definition) is 1. The topological polar surface area (TPSA) is 20.2 Å². The average molecular weight is 214 g/mol. The lowest BCUT2D eigenvalue weighted by molar-refractivity contribution is -0.246. The summed E-state index contributed by atoms with van der Waals surface area (Å²) in [6.45, 7) is 0. The summed E-state index contributed by atoms with van der Waals surface area (Å²) in [6.07, 6.45) is -2.10. The Bertz CT molecular complexity index is 409. The molecule has 0 bridgehead atoms. The number of benzene rings is 1. The molecule has 0 aliphatic heterocycles. The van der Waals surface area contributed by atoms with Crippen LogP contribution in [0.5, 0.6) is 0 Å². The third kappa shape index (κ3) is 1.45. The summed E-state index contributed by atoms with van der Waals surface area (Å²) in [4.78, 5) is 0. The van der Waals surface area contributed by atoms with Gasteiger partial charge in [-0.25, -0.2) is 0 Å². The summed E-state index contributed by atoms with van der Waals surface area (Å²) >= 11 is 0. The lowest BCUT2D eigenvalue weighted by Crippen LogP contribution is -2.42. The highest BCUT2D eigenvalue weighted by Crippen LogP contribution is 2.43. The van der Waals surface area contributed by atoms with Crippen LogP contribution in [0.3, 0.4) is 0 Å². The van der Waals surface area contributed by atoms with E-state index in [4.69, 9.17) is 0 Å². The number of hydrogen-bond donors (Lipinski definition) is 1. The maximum absolute atomic E-state index is 12.7. The Morgan fingerprint density at radius 3 is 2.53 bits per heavy atom. The van der Waals surface area contributed by atoms with Gasteiger partial charge < -0.3 is 5.11 Å². The molecule has 0 spiro atoms. The summed E-state index contributed by atoms with van der Waals surface area (Å²) < 4.78 is 38.1. The third-order valence-corrected chi connectivity index (χ3v) is 2.56. The second-order valence-electron chi connectivity index (χ2n) is 3.53. The fourth-order valence-electron chi connectivity index (χ4n) is 1.76. The van der Waals surface area contributed by atoms with E-state index in [2.05, 4.69) is 0 Å². The molecular formula is C11H9F3O. The SMILES string of the molecule is OC1(C(F)(F)F)C=CCc2ccccc21. The number of allylic oxidation sites excluding steroid dienone is 1. The lowest BCUT2D eigenvalue weighted by atomic mass is 9.83. The van der Waals surface area contributed by atoms with Gasteiger partial charge in [-0.1, -0.05) is 30.3 Å². The Labute approximate surface area is 84.9 Å². The molecule has 0 aromatic heterocycles. The molecule has 15 heavy (non-hydrogen) atoms. The number of aliphatic hydroxyl groups is 1. The molecule has 0 fully saturated rings. The second-order valence-corrected chi connectivity index (χ2v) is 3.53. The van der Waals surface area contributed by atoms with Gasteiger partial charge in [0, 0.05) is 5.56 Å². The standard InChI is InChI=1S/C11H9F3O/c12-11(13,14)10(15)7-3-5-8-4-1-2-6-9(8)10/h1-4,6-7,15H,5H2. The lowest BCUT2D eigenvalue weighted by Gasteiger charge is -2.32. The van der Waals surface area contributed by atoms with E-state index in [0.29, 0.717) is 12.0 Å². The molecule has 1 atom stereocenters. The number of rotatable bonds is 0. The van der Waals surface area contributed by atoms with Gasteiger partial charge in [-0.15, -0.1) is 0 Å². The van der Waals surface area contributed by atoms with Crippen molar-refractivity contribution in [2.45, 2.75) is 18.2 Å². The van der Waals surface area contributed by atoms with Crippen LogP contribution in [0.4, 0.5) is 13.2 Å². The molecule has 0 heterocycles. The van der Waals surface area contributed by atoms with Gasteiger partial charge in [0.1, 0.15) is 0 Å². The maximum atomic E-state index is 12.7. The van der Waals surface area contributed by atoms with E-state index in [9.17, 15) is 18.3 Å². The molecule has 1 aromatic carbocycles. The smallest absolute Gasteiger partial charge is 0.373 e. The van der Waals surface area contributed by atoms with Crippen LogP contribution in [0.15, 0.2) is 36.4 Å². The van der Waals surface area contributed by atoms with E-state index >= 15 is 0 Å². The van der Waals surface area contributed by atoms with Crippen molar-refractivity contribution < 1.29 is 18.3 Å². The summed E-state index contributed by atoms with van der Waals surface area (Å²) in [6, 6.07) is 6.06. The normalized spacial score (nSPS) is 25.1. The largest absolute Gasteiger partial charge is 0.425 e. The molecule has 4 heteroatoms. The van der Waals surface area contributed by atoms with Crippen molar-refractivity contribution in [1.29, 1.82) is 0 Å². The predicted molar refractivity (Wildman–Crippen MR) is 49.2 cm³/mol. The van der Waals surface area contributed by atoms with E-state index in [1.54, 1.807) is 12.1 Å². The van der Waals surface area contributed by atoms with Crippen LogP contribution in [0.25, 0.3) is 0 Å². The van der Waals surface area contributed by atoms with E-state index in [-0.39, 0.29) is 5.56 Å². The van der Waals surface area contributed by atoms with Crippen LogP contribution in [-0.4, -0.2) is 11.3 Å². The Morgan fingerprint density at radius 2 is 1.87 bits per heavy atom. The molecule has 0 saturated carbocycles. The molecule has 0 saturated heterocycles. The van der Waals surface area contributed by atoms with Crippen molar-refractivity contribution in [3.63, 3.8) is 0 Å². The van der Waals surface area contributed by atoms with Crippen molar-refractivity contribution in [2.24, 2.45) is 0 Å². The quantitative estimate of drug-likeness (QED) is 0.658. The number of fused-ring (bicyclic) bond motifs is 1. The Hall–Kier alpha value is -1.29. The van der Waals surface area contributed by atoms with Gasteiger partial charge in [0.25, 0.3) is 0 Å². The van der Waals surface area contributed by atoms with Gasteiger partial charge in [-0.3, -0.25) is 0 Å². The van der Waals surface area contributed by atoms with Crippen molar-refractivity contribution >= 4 is 0 Å². The summed E-state index contributed by atoms with van der Waals surface area (Å²) in [5.74, 6) is 0. The Balaban J connectivity index is 2.60. The van der Waals surface area contributed by atoms with Gasteiger partial charge >= 0.3 is 6.18 Å². The molecule has 1 unspecified atom stereocenters. The van der Waals surface area contributed by atoms with Crippen LogP contribution in [0.2, 0.25) is 0 Å².